The number of hydrogen-bond donors (Lipinski definition) is 1. The highest BCUT2D eigenvalue weighted by molar-refractivity contribution is 5.93. The number of aromatic nitrogens is 1. The third-order valence-corrected chi connectivity index (χ3v) is 5.22. The van der Waals surface area contributed by atoms with Crippen LogP contribution in [-0.2, 0) is 11.2 Å². The van der Waals surface area contributed by atoms with E-state index in [1.54, 1.807) is 12.1 Å². The topological polar surface area (TPSA) is 56.7 Å². The Hall–Kier alpha value is -3.08. The van der Waals surface area contributed by atoms with Crippen molar-refractivity contribution in [3.8, 4) is 5.75 Å². The number of nitrogens with zero attached hydrogens (tertiary/aromatic N) is 3. The zero-order chi connectivity index (χ0) is 18.6. The Labute approximate surface area is 158 Å². The summed E-state index contributed by atoms with van der Waals surface area (Å²) in [5.41, 5.74) is 1.96. The van der Waals surface area contributed by atoms with Gasteiger partial charge in [0.05, 0.1) is 11.9 Å². The van der Waals surface area contributed by atoms with Crippen LogP contribution in [-0.4, -0.2) is 47.1 Å². The van der Waals surface area contributed by atoms with E-state index in [4.69, 9.17) is 0 Å². The van der Waals surface area contributed by atoms with E-state index in [9.17, 15) is 9.90 Å². The van der Waals surface area contributed by atoms with Crippen molar-refractivity contribution < 1.29 is 9.90 Å². The summed E-state index contributed by atoms with van der Waals surface area (Å²) in [6.45, 7) is 3.03. The average molecular weight is 361 g/mol. The number of benzene rings is 2. The van der Waals surface area contributed by atoms with Gasteiger partial charge in [0.15, 0.2) is 0 Å². The molecule has 0 radical (unpaired) electrons. The molecule has 138 valence electrons. The minimum Gasteiger partial charge on any atom is -0.508 e. The van der Waals surface area contributed by atoms with Crippen LogP contribution in [0.3, 0.4) is 0 Å². The fourth-order valence-corrected chi connectivity index (χ4v) is 3.67. The Balaban J connectivity index is 1.37. The van der Waals surface area contributed by atoms with Crippen LogP contribution in [0.5, 0.6) is 5.75 Å². The summed E-state index contributed by atoms with van der Waals surface area (Å²) in [4.78, 5) is 21.2. The molecule has 1 fully saturated rings. The molecule has 0 aliphatic carbocycles. The molecule has 1 amide bonds. The Kier molecular flexibility index (Phi) is 4.92. The van der Waals surface area contributed by atoms with Crippen molar-refractivity contribution in [3.05, 3.63) is 66.5 Å². The van der Waals surface area contributed by atoms with Crippen LogP contribution in [0, 0.1) is 0 Å². The monoisotopic (exact) mass is 361 g/mol. The number of phenolic OH excluding ortho intramolecular Hbond substituents is 1. The van der Waals surface area contributed by atoms with Gasteiger partial charge in [-0.25, -0.2) is 0 Å². The van der Waals surface area contributed by atoms with E-state index in [-0.39, 0.29) is 11.7 Å². The maximum Gasteiger partial charge on any atom is 0.223 e. The van der Waals surface area contributed by atoms with Crippen LogP contribution in [0.4, 0.5) is 5.69 Å². The Morgan fingerprint density at radius 3 is 2.52 bits per heavy atom. The first-order valence-electron chi connectivity index (χ1n) is 9.35. The number of aromatic hydroxyl groups is 1. The van der Waals surface area contributed by atoms with Gasteiger partial charge in [0, 0.05) is 49.6 Å². The van der Waals surface area contributed by atoms with Crippen LogP contribution in [0.25, 0.3) is 10.8 Å². The van der Waals surface area contributed by atoms with Gasteiger partial charge in [-0.2, -0.15) is 0 Å². The van der Waals surface area contributed by atoms with Crippen molar-refractivity contribution in [2.45, 2.75) is 12.8 Å². The van der Waals surface area contributed by atoms with E-state index in [0.717, 1.165) is 29.7 Å². The van der Waals surface area contributed by atoms with Crippen LogP contribution < -0.4 is 4.90 Å². The molecule has 5 heteroatoms. The lowest BCUT2D eigenvalue weighted by Gasteiger charge is -2.36. The second kappa shape index (κ2) is 7.66. The number of hydrogen-bond acceptors (Lipinski definition) is 4. The molecule has 2 aromatic carbocycles. The molecule has 0 bridgehead atoms. The minimum atomic E-state index is 0.147. The van der Waals surface area contributed by atoms with Gasteiger partial charge in [-0.05, 0) is 18.1 Å². The standard InChI is InChI=1S/C22H23N3O2/c26-21-8-4-2-5-17(21)9-10-22(27)25-13-11-24(12-14-25)20-16-23-15-18-6-1-3-7-19(18)20/h1-8,15-16,26H,9-14H2. The number of carbonyl (C=O) groups is 1. The molecular weight excluding hydrogens is 338 g/mol. The largest absolute Gasteiger partial charge is 0.508 e. The van der Waals surface area contributed by atoms with E-state index < -0.39 is 0 Å². The summed E-state index contributed by atoms with van der Waals surface area (Å²) in [6, 6.07) is 15.5. The van der Waals surface area contributed by atoms with E-state index in [1.165, 1.54) is 5.39 Å². The number of rotatable bonds is 4. The van der Waals surface area contributed by atoms with E-state index >= 15 is 0 Å². The molecule has 1 aromatic heterocycles. The molecule has 3 aromatic rings. The van der Waals surface area contributed by atoms with E-state index in [0.29, 0.717) is 25.9 Å². The average Bonchev–Trinajstić information content (AvgIpc) is 2.73. The molecule has 1 aliphatic rings. The predicted molar refractivity (Wildman–Crippen MR) is 107 cm³/mol. The van der Waals surface area contributed by atoms with Crippen LogP contribution in [0.15, 0.2) is 60.9 Å². The molecule has 2 heterocycles. The number of amides is 1. The Morgan fingerprint density at radius 1 is 0.963 bits per heavy atom. The molecule has 0 spiro atoms. The highest BCUT2D eigenvalue weighted by Crippen LogP contribution is 2.26. The number of aryl methyl sites for hydroxylation is 1. The van der Waals surface area contributed by atoms with Gasteiger partial charge in [0.25, 0.3) is 0 Å². The summed E-state index contributed by atoms with van der Waals surface area (Å²) in [5, 5.41) is 12.2. The highest BCUT2D eigenvalue weighted by atomic mass is 16.3. The minimum absolute atomic E-state index is 0.147. The number of pyridine rings is 1. The molecule has 0 saturated carbocycles. The van der Waals surface area contributed by atoms with Gasteiger partial charge in [0.1, 0.15) is 5.75 Å². The second-order valence-corrected chi connectivity index (χ2v) is 6.88. The first-order chi connectivity index (χ1) is 13.2. The molecule has 0 atom stereocenters. The fraction of sp³-hybridized carbons (Fsp3) is 0.273. The molecule has 1 aliphatic heterocycles. The molecule has 5 nitrogen and oxygen atoms in total. The summed E-state index contributed by atoms with van der Waals surface area (Å²) in [7, 11) is 0. The third-order valence-electron chi connectivity index (χ3n) is 5.22. The number of fused-ring (bicyclic) bond motifs is 1. The van der Waals surface area contributed by atoms with Gasteiger partial charge in [-0.3, -0.25) is 9.78 Å². The van der Waals surface area contributed by atoms with Crippen molar-refractivity contribution in [3.63, 3.8) is 0 Å². The van der Waals surface area contributed by atoms with Crippen molar-refractivity contribution in [2.24, 2.45) is 0 Å². The van der Waals surface area contributed by atoms with Crippen molar-refractivity contribution in [1.82, 2.24) is 9.88 Å². The summed E-state index contributed by atoms with van der Waals surface area (Å²) < 4.78 is 0. The zero-order valence-electron chi connectivity index (χ0n) is 15.2. The number of para-hydroxylation sites is 1. The first kappa shape index (κ1) is 17.3. The lowest BCUT2D eigenvalue weighted by atomic mass is 10.1. The predicted octanol–water partition coefficient (Wildman–Crippen LogP) is 3.22. The number of carbonyl (C=O) groups excluding carboxylic acids is 1. The molecule has 1 saturated heterocycles. The van der Waals surface area contributed by atoms with Crippen LogP contribution >= 0.6 is 0 Å². The van der Waals surface area contributed by atoms with Crippen LogP contribution in [0.1, 0.15) is 12.0 Å². The van der Waals surface area contributed by atoms with Gasteiger partial charge >= 0.3 is 0 Å². The summed E-state index contributed by atoms with van der Waals surface area (Å²) in [6.07, 6.45) is 4.79. The highest BCUT2D eigenvalue weighted by Gasteiger charge is 2.22. The zero-order valence-corrected chi connectivity index (χ0v) is 15.2. The normalized spacial score (nSPS) is 14.5. The lowest BCUT2D eigenvalue weighted by molar-refractivity contribution is -0.131. The van der Waals surface area contributed by atoms with Crippen molar-refractivity contribution >= 4 is 22.4 Å². The van der Waals surface area contributed by atoms with Crippen molar-refractivity contribution in [1.29, 1.82) is 0 Å². The molecular formula is C22H23N3O2. The van der Waals surface area contributed by atoms with Gasteiger partial charge in [-0.15, -0.1) is 0 Å². The summed E-state index contributed by atoms with van der Waals surface area (Å²) >= 11 is 0. The lowest BCUT2D eigenvalue weighted by Crippen LogP contribution is -2.49. The summed E-state index contributed by atoms with van der Waals surface area (Å²) in [5.74, 6) is 0.410. The Bertz CT molecular complexity index is 944. The van der Waals surface area contributed by atoms with Gasteiger partial charge < -0.3 is 14.9 Å². The maximum atomic E-state index is 12.6. The number of anilines is 1. The molecule has 27 heavy (non-hydrogen) atoms. The smallest absolute Gasteiger partial charge is 0.223 e. The van der Waals surface area contributed by atoms with Crippen molar-refractivity contribution in [2.75, 3.05) is 31.1 Å². The fourth-order valence-electron chi connectivity index (χ4n) is 3.67. The number of piperazine rings is 1. The molecule has 4 rings (SSSR count). The molecule has 1 N–H and O–H groups in total. The van der Waals surface area contributed by atoms with Gasteiger partial charge in [-0.1, -0.05) is 42.5 Å². The third kappa shape index (κ3) is 3.72. The maximum absolute atomic E-state index is 12.6. The van der Waals surface area contributed by atoms with Gasteiger partial charge in [0.2, 0.25) is 5.91 Å². The number of phenols is 1. The van der Waals surface area contributed by atoms with Crippen LogP contribution in [0.2, 0.25) is 0 Å². The molecule has 0 unspecified atom stereocenters. The Morgan fingerprint density at radius 2 is 1.70 bits per heavy atom. The quantitative estimate of drug-likeness (QED) is 0.775. The van der Waals surface area contributed by atoms with E-state index in [1.807, 2.05) is 41.6 Å². The van der Waals surface area contributed by atoms with E-state index in [2.05, 4.69) is 22.0 Å². The first-order valence-corrected chi connectivity index (χ1v) is 9.35. The second-order valence-electron chi connectivity index (χ2n) is 6.88. The SMILES string of the molecule is O=C(CCc1ccccc1O)N1CCN(c2cncc3ccccc23)CC1.